The lowest BCUT2D eigenvalue weighted by atomic mass is 10.2. The van der Waals surface area contributed by atoms with Crippen LogP contribution in [0.1, 0.15) is 11.1 Å². The van der Waals surface area contributed by atoms with Crippen LogP contribution < -0.4 is 5.73 Å². The number of nitrogens with two attached hydrogens (primary N) is 1. The molecule has 0 unspecified atom stereocenters. The largest absolute Gasteiger partial charge is 0.398 e. The van der Waals surface area contributed by atoms with Gasteiger partial charge in [0.25, 0.3) is 0 Å². The highest BCUT2D eigenvalue weighted by Crippen LogP contribution is 2.28. The number of hydrogen-bond donors (Lipinski definition) is 1. The molecule has 106 valence electrons. The van der Waals surface area contributed by atoms with Crippen LogP contribution in [0.25, 0.3) is 0 Å². The van der Waals surface area contributed by atoms with Crippen LogP contribution in [-0.2, 0) is 15.6 Å². The molecule has 20 heavy (non-hydrogen) atoms. The van der Waals surface area contributed by atoms with Gasteiger partial charge in [-0.05, 0) is 42.3 Å². The molecule has 2 aromatic carbocycles. The summed E-state index contributed by atoms with van der Waals surface area (Å²) in [6.07, 6.45) is 0. The second-order valence-corrected chi connectivity index (χ2v) is 7.82. The summed E-state index contributed by atoms with van der Waals surface area (Å²) in [6.45, 7) is 1.90. The lowest BCUT2D eigenvalue weighted by Crippen LogP contribution is -2.08. The van der Waals surface area contributed by atoms with Gasteiger partial charge in [-0.3, -0.25) is 0 Å². The van der Waals surface area contributed by atoms with E-state index in [2.05, 4.69) is 15.9 Å². The summed E-state index contributed by atoms with van der Waals surface area (Å²) in [4.78, 5) is 0.123. The molecular weight excluding hydrogens is 362 g/mol. The second kappa shape index (κ2) is 5.76. The molecule has 0 spiro atoms. The molecule has 2 rings (SSSR count). The average molecular weight is 375 g/mol. The number of rotatable bonds is 3. The van der Waals surface area contributed by atoms with Gasteiger partial charge in [-0.2, -0.15) is 0 Å². The zero-order valence-corrected chi connectivity index (χ0v) is 13.9. The van der Waals surface area contributed by atoms with Crippen molar-refractivity contribution in [2.45, 2.75) is 17.6 Å². The summed E-state index contributed by atoms with van der Waals surface area (Å²) >= 11 is 9.34. The highest BCUT2D eigenvalue weighted by molar-refractivity contribution is 9.10. The lowest BCUT2D eigenvalue weighted by Gasteiger charge is -2.09. The van der Waals surface area contributed by atoms with E-state index >= 15 is 0 Å². The van der Waals surface area contributed by atoms with Crippen LogP contribution in [0.5, 0.6) is 0 Å². The van der Waals surface area contributed by atoms with Crippen molar-refractivity contribution in [1.29, 1.82) is 0 Å². The van der Waals surface area contributed by atoms with E-state index in [4.69, 9.17) is 17.3 Å². The van der Waals surface area contributed by atoms with E-state index in [9.17, 15) is 8.42 Å². The Morgan fingerprint density at radius 2 is 1.90 bits per heavy atom. The summed E-state index contributed by atoms with van der Waals surface area (Å²) < 4.78 is 25.6. The fourth-order valence-corrected chi connectivity index (χ4v) is 4.12. The zero-order valence-electron chi connectivity index (χ0n) is 10.7. The maximum Gasteiger partial charge on any atom is 0.184 e. The number of anilines is 1. The first-order valence-corrected chi connectivity index (χ1v) is 8.65. The molecule has 6 heteroatoms. The van der Waals surface area contributed by atoms with E-state index in [-0.39, 0.29) is 16.3 Å². The molecule has 0 amide bonds. The minimum absolute atomic E-state index is 0.123. The van der Waals surface area contributed by atoms with Crippen LogP contribution in [0.15, 0.2) is 45.8 Å². The van der Waals surface area contributed by atoms with Gasteiger partial charge in [0.05, 0.1) is 16.3 Å². The van der Waals surface area contributed by atoms with Crippen molar-refractivity contribution in [3.05, 3.63) is 57.0 Å². The van der Waals surface area contributed by atoms with E-state index in [0.29, 0.717) is 10.6 Å². The van der Waals surface area contributed by atoms with Crippen molar-refractivity contribution in [3.63, 3.8) is 0 Å². The first-order valence-electron chi connectivity index (χ1n) is 5.82. The van der Waals surface area contributed by atoms with Gasteiger partial charge in [-0.1, -0.05) is 39.7 Å². The summed E-state index contributed by atoms with van der Waals surface area (Å²) in [5.41, 5.74) is 7.56. The van der Waals surface area contributed by atoms with Crippen molar-refractivity contribution in [1.82, 2.24) is 0 Å². The fourth-order valence-electron chi connectivity index (χ4n) is 1.85. The standard InChI is InChI=1S/C14H13BrClNO2S/c1-9-2-3-10(12(16)6-9)8-20(18,19)14-5-4-11(15)7-13(14)17/h2-7H,8,17H2,1H3. The smallest absolute Gasteiger partial charge is 0.184 e. The molecule has 0 saturated carbocycles. The van der Waals surface area contributed by atoms with Gasteiger partial charge >= 0.3 is 0 Å². The summed E-state index contributed by atoms with van der Waals surface area (Å²) in [6, 6.07) is 10.0. The third-order valence-electron chi connectivity index (χ3n) is 2.86. The van der Waals surface area contributed by atoms with E-state index < -0.39 is 9.84 Å². The monoisotopic (exact) mass is 373 g/mol. The quantitative estimate of drug-likeness (QED) is 0.827. The minimum atomic E-state index is -3.53. The zero-order chi connectivity index (χ0) is 14.9. The van der Waals surface area contributed by atoms with E-state index in [1.807, 2.05) is 13.0 Å². The van der Waals surface area contributed by atoms with Crippen LogP contribution in [0.2, 0.25) is 5.02 Å². The maximum atomic E-state index is 12.4. The third-order valence-corrected chi connectivity index (χ3v) is 5.44. The Labute approximate surface area is 131 Å². The van der Waals surface area contributed by atoms with Gasteiger partial charge in [0.2, 0.25) is 0 Å². The number of benzene rings is 2. The topological polar surface area (TPSA) is 60.2 Å². The molecule has 0 heterocycles. The van der Waals surface area contributed by atoms with Crippen molar-refractivity contribution < 1.29 is 8.42 Å². The Balaban J connectivity index is 2.41. The maximum absolute atomic E-state index is 12.4. The molecule has 2 N–H and O–H groups in total. The van der Waals surface area contributed by atoms with Gasteiger partial charge in [0, 0.05) is 9.50 Å². The molecule has 0 bridgehead atoms. The predicted molar refractivity (Wildman–Crippen MR) is 85.6 cm³/mol. The van der Waals surface area contributed by atoms with Gasteiger partial charge < -0.3 is 5.73 Å². The van der Waals surface area contributed by atoms with Gasteiger partial charge in [0.1, 0.15) is 0 Å². The van der Waals surface area contributed by atoms with Gasteiger partial charge in [-0.15, -0.1) is 0 Å². The highest BCUT2D eigenvalue weighted by atomic mass is 79.9. The Kier molecular flexibility index (Phi) is 4.42. The van der Waals surface area contributed by atoms with Crippen LogP contribution in [0.4, 0.5) is 5.69 Å². The van der Waals surface area contributed by atoms with E-state index in [0.717, 1.165) is 10.0 Å². The van der Waals surface area contributed by atoms with Crippen molar-refractivity contribution in [3.8, 4) is 0 Å². The normalized spacial score (nSPS) is 11.6. The molecule has 0 saturated heterocycles. The van der Waals surface area contributed by atoms with Crippen LogP contribution in [0.3, 0.4) is 0 Å². The van der Waals surface area contributed by atoms with Crippen molar-refractivity contribution >= 4 is 43.1 Å². The summed E-state index contributed by atoms with van der Waals surface area (Å²) in [7, 11) is -3.53. The number of nitrogen functional groups attached to an aromatic ring is 1. The molecule has 0 aromatic heterocycles. The number of halogens is 2. The number of hydrogen-bond acceptors (Lipinski definition) is 3. The Bertz CT molecular complexity index is 760. The lowest BCUT2D eigenvalue weighted by molar-refractivity contribution is 0.595. The fraction of sp³-hybridized carbons (Fsp3) is 0.143. The Hall–Kier alpha value is -1.04. The van der Waals surface area contributed by atoms with E-state index in [1.54, 1.807) is 24.3 Å². The summed E-state index contributed by atoms with van der Waals surface area (Å²) in [5.74, 6) is -0.169. The SMILES string of the molecule is Cc1ccc(CS(=O)(=O)c2ccc(Br)cc2N)c(Cl)c1. The average Bonchev–Trinajstić information content (AvgIpc) is 2.32. The van der Waals surface area contributed by atoms with Crippen molar-refractivity contribution in [2.24, 2.45) is 0 Å². The number of sulfone groups is 1. The minimum Gasteiger partial charge on any atom is -0.398 e. The van der Waals surface area contributed by atoms with Gasteiger partial charge in [-0.25, -0.2) is 8.42 Å². The Morgan fingerprint density at radius 3 is 2.50 bits per heavy atom. The third kappa shape index (κ3) is 3.34. The molecule has 3 nitrogen and oxygen atoms in total. The first-order chi connectivity index (χ1) is 9.29. The number of aryl methyl sites for hydroxylation is 1. The van der Waals surface area contributed by atoms with E-state index in [1.165, 1.54) is 6.07 Å². The van der Waals surface area contributed by atoms with Crippen LogP contribution in [-0.4, -0.2) is 8.42 Å². The molecule has 0 aliphatic rings. The van der Waals surface area contributed by atoms with Crippen molar-refractivity contribution in [2.75, 3.05) is 5.73 Å². The molecule has 2 aromatic rings. The second-order valence-electron chi connectivity index (χ2n) is 4.54. The molecule has 0 fully saturated rings. The van der Waals surface area contributed by atoms with Crippen LogP contribution >= 0.6 is 27.5 Å². The molecule has 0 aliphatic carbocycles. The predicted octanol–water partition coefficient (Wildman–Crippen LogP) is 3.97. The molecule has 0 radical (unpaired) electrons. The molecular formula is C14H13BrClNO2S. The Morgan fingerprint density at radius 1 is 1.20 bits per heavy atom. The first kappa shape index (κ1) is 15.4. The van der Waals surface area contributed by atoms with Crippen LogP contribution in [0, 0.1) is 6.92 Å². The molecule has 0 aliphatic heterocycles. The summed E-state index contributed by atoms with van der Waals surface area (Å²) in [5, 5.41) is 0.448. The van der Waals surface area contributed by atoms with Gasteiger partial charge in [0.15, 0.2) is 9.84 Å². The highest BCUT2D eigenvalue weighted by Gasteiger charge is 2.19. The molecule has 0 atom stereocenters.